The number of carbonyl (C=O) groups is 2. The number of benzene rings is 1. The van der Waals surface area contributed by atoms with Gasteiger partial charge >= 0.3 is 0 Å². The van der Waals surface area contributed by atoms with Gasteiger partial charge in [-0.2, -0.15) is 5.26 Å². The van der Waals surface area contributed by atoms with E-state index in [0.717, 1.165) is 68.9 Å². The van der Waals surface area contributed by atoms with Gasteiger partial charge in [0.1, 0.15) is 11.9 Å². The van der Waals surface area contributed by atoms with Gasteiger partial charge in [-0.25, -0.2) is 0 Å². The Hall–Kier alpha value is -3.15. The summed E-state index contributed by atoms with van der Waals surface area (Å²) >= 11 is 0. The molecular weight excluding hydrogens is 452 g/mol. The number of anilines is 1. The van der Waals surface area contributed by atoms with Crippen LogP contribution in [0.3, 0.4) is 0 Å². The topological polar surface area (TPSA) is 84.6 Å². The van der Waals surface area contributed by atoms with Crippen molar-refractivity contribution in [3.63, 3.8) is 0 Å². The molecule has 3 heterocycles. The second-order valence-electron chi connectivity index (χ2n) is 10.0. The molecule has 0 saturated carbocycles. The van der Waals surface area contributed by atoms with Crippen LogP contribution in [0.1, 0.15) is 48.1 Å². The third-order valence-electron chi connectivity index (χ3n) is 7.53. The number of nitrogens with zero attached hydrogens (tertiary/aromatic N) is 5. The Morgan fingerprint density at radius 3 is 2.11 bits per heavy atom. The summed E-state index contributed by atoms with van der Waals surface area (Å²) in [5.41, 5.74) is 3.51. The number of carbonyl (C=O) groups excluding carboxylic acids is 2. The van der Waals surface area contributed by atoms with Crippen LogP contribution in [-0.2, 0) is 16.1 Å². The van der Waals surface area contributed by atoms with Gasteiger partial charge in [-0.15, -0.1) is 0 Å². The maximum absolute atomic E-state index is 13.0. The lowest BCUT2D eigenvalue weighted by Crippen LogP contribution is -2.51. The van der Waals surface area contributed by atoms with Crippen molar-refractivity contribution in [1.82, 2.24) is 19.3 Å². The van der Waals surface area contributed by atoms with Crippen LogP contribution in [0.15, 0.2) is 30.3 Å². The predicted octanol–water partition coefficient (Wildman–Crippen LogP) is 2.98. The van der Waals surface area contributed by atoms with Crippen molar-refractivity contribution < 1.29 is 9.59 Å². The highest BCUT2D eigenvalue weighted by Gasteiger charge is 2.25. The Morgan fingerprint density at radius 2 is 1.50 bits per heavy atom. The molecule has 2 amide bonds. The lowest BCUT2D eigenvalue weighted by Gasteiger charge is -2.35. The molecule has 2 aliphatic rings. The molecule has 0 atom stereocenters. The van der Waals surface area contributed by atoms with Crippen molar-refractivity contribution >= 4 is 17.6 Å². The third kappa shape index (κ3) is 6.34. The van der Waals surface area contributed by atoms with Gasteiger partial charge in [0.25, 0.3) is 0 Å². The van der Waals surface area contributed by atoms with Crippen LogP contribution in [0.4, 0.5) is 5.82 Å². The standard InChI is InChI=1S/C28H38N6O2/c1-22-23(2)34(19-24-10-6-5-7-11-24)28(25(22)18-29)30-26(35)20-31-14-16-32(17-15-31)21-27(36)33-12-8-3-4-9-13-33/h5-7,10-11H,3-4,8-9,12-17,19-21H2,1-2H3,(H,30,35). The van der Waals surface area contributed by atoms with Gasteiger partial charge in [-0.05, 0) is 37.8 Å². The Kier molecular flexibility index (Phi) is 8.79. The van der Waals surface area contributed by atoms with E-state index in [-0.39, 0.29) is 18.4 Å². The van der Waals surface area contributed by atoms with Crippen molar-refractivity contribution in [2.75, 3.05) is 57.7 Å². The number of likely N-dealkylation sites (tertiary alicyclic amines) is 1. The van der Waals surface area contributed by atoms with E-state index in [1.165, 1.54) is 12.8 Å². The van der Waals surface area contributed by atoms with Crippen LogP contribution >= 0.6 is 0 Å². The number of aromatic nitrogens is 1. The largest absolute Gasteiger partial charge is 0.342 e. The lowest BCUT2D eigenvalue weighted by atomic mass is 10.2. The first-order valence-corrected chi connectivity index (χ1v) is 13.1. The second kappa shape index (κ2) is 12.2. The molecule has 192 valence electrons. The molecule has 2 aliphatic heterocycles. The molecular formula is C28H38N6O2. The zero-order valence-electron chi connectivity index (χ0n) is 21.6. The summed E-state index contributed by atoms with van der Waals surface area (Å²) in [6, 6.07) is 12.3. The van der Waals surface area contributed by atoms with Gasteiger partial charge in [-0.3, -0.25) is 19.4 Å². The molecule has 1 N–H and O–H groups in total. The van der Waals surface area contributed by atoms with E-state index >= 15 is 0 Å². The number of nitrogens with one attached hydrogen (secondary N) is 1. The average molecular weight is 491 g/mol. The summed E-state index contributed by atoms with van der Waals surface area (Å²) < 4.78 is 2.02. The molecule has 1 aromatic heterocycles. The fourth-order valence-electron chi connectivity index (χ4n) is 5.19. The third-order valence-corrected chi connectivity index (χ3v) is 7.53. The van der Waals surface area contributed by atoms with Crippen LogP contribution < -0.4 is 5.32 Å². The van der Waals surface area contributed by atoms with E-state index in [4.69, 9.17) is 0 Å². The molecule has 8 nitrogen and oxygen atoms in total. The second-order valence-corrected chi connectivity index (χ2v) is 10.0. The molecule has 2 fully saturated rings. The van der Waals surface area contributed by atoms with E-state index in [2.05, 4.69) is 21.2 Å². The molecule has 0 unspecified atom stereocenters. The van der Waals surface area contributed by atoms with Crippen molar-refractivity contribution in [2.24, 2.45) is 0 Å². The molecule has 0 radical (unpaired) electrons. The van der Waals surface area contributed by atoms with Gasteiger partial charge < -0.3 is 14.8 Å². The summed E-state index contributed by atoms with van der Waals surface area (Å²) in [4.78, 5) is 32.1. The molecule has 0 bridgehead atoms. The molecule has 8 heteroatoms. The molecule has 2 aromatic rings. The number of nitriles is 1. The first-order valence-electron chi connectivity index (χ1n) is 13.1. The van der Waals surface area contributed by atoms with Gasteiger partial charge in [0, 0.05) is 51.5 Å². The normalized spacial score (nSPS) is 17.4. The Morgan fingerprint density at radius 1 is 0.889 bits per heavy atom. The Labute approximate surface area is 214 Å². The highest BCUT2D eigenvalue weighted by atomic mass is 16.2. The van der Waals surface area contributed by atoms with Crippen LogP contribution in [0.2, 0.25) is 0 Å². The predicted molar refractivity (Wildman–Crippen MR) is 141 cm³/mol. The van der Waals surface area contributed by atoms with Crippen LogP contribution in [0.5, 0.6) is 0 Å². The number of rotatable bonds is 7. The van der Waals surface area contributed by atoms with Gasteiger partial charge in [-0.1, -0.05) is 43.2 Å². The highest BCUT2D eigenvalue weighted by Crippen LogP contribution is 2.27. The summed E-state index contributed by atoms with van der Waals surface area (Å²) in [5.74, 6) is 0.687. The number of hydrogen-bond donors (Lipinski definition) is 1. The SMILES string of the molecule is Cc1c(C#N)c(NC(=O)CN2CCN(CC(=O)N3CCCCCC3)CC2)n(Cc2ccccc2)c1C. The number of amides is 2. The van der Waals surface area contributed by atoms with Gasteiger partial charge in [0.15, 0.2) is 0 Å². The van der Waals surface area contributed by atoms with E-state index < -0.39 is 0 Å². The first kappa shape index (κ1) is 25.9. The lowest BCUT2D eigenvalue weighted by molar-refractivity contribution is -0.133. The van der Waals surface area contributed by atoms with Crippen molar-refractivity contribution in [3.8, 4) is 6.07 Å². The summed E-state index contributed by atoms with van der Waals surface area (Å²) in [6.07, 6.45) is 4.65. The number of hydrogen-bond acceptors (Lipinski definition) is 5. The van der Waals surface area contributed by atoms with Crippen molar-refractivity contribution in [3.05, 3.63) is 52.7 Å². The average Bonchev–Trinajstić information content (AvgIpc) is 3.07. The van der Waals surface area contributed by atoms with Crippen LogP contribution in [0.25, 0.3) is 0 Å². The minimum Gasteiger partial charge on any atom is -0.342 e. The minimum atomic E-state index is -0.118. The van der Waals surface area contributed by atoms with E-state index in [1.807, 2.05) is 53.6 Å². The molecule has 36 heavy (non-hydrogen) atoms. The fraction of sp³-hybridized carbons (Fsp3) is 0.536. The fourth-order valence-corrected chi connectivity index (χ4v) is 5.19. The molecule has 4 rings (SSSR count). The summed E-state index contributed by atoms with van der Waals surface area (Å²) in [5, 5.41) is 12.8. The quantitative estimate of drug-likeness (QED) is 0.645. The zero-order valence-corrected chi connectivity index (χ0v) is 21.6. The summed E-state index contributed by atoms with van der Waals surface area (Å²) in [6.45, 7) is 10.1. The molecule has 2 saturated heterocycles. The molecule has 0 spiro atoms. The van der Waals surface area contributed by atoms with Gasteiger partial charge in [0.2, 0.25) is 11.8 Å². The zero-order chi connectivity index (χ0) is 25.5. The highest BCUT2D eigenvalue weighted by molar-refractivity contribution is 5.93. The maximum atomic E-state index is 13.0. The van der Waals surface area contributed by atoms with E-state index in [9.17, 15) is 14.9 Å². The molecule has 0 aliphatic carbocycles. The maximum Gasteiger partial charge on any atom is 0.239 e. The Bertz CT molecular complexity index is 1090. The first-order chi connectivity index (χ1) is 17.5. The monoisotopic (exact) mass is 490 g/mol. The van der Waals surface area contributed by atoms with Gasteiger partial charge in [0.05, 0.1) is 18.7 Å². The van der Waals surface area contributed by atoms with Crippen LogP contribution in [-0.4, -0.2) is 83.4 Å². The van der Waals surface area contributed by atoms with Crippen molar-refractivity contribution in [1.29, 1.82) is 5.26 Å². The summed E-state index contributed by atoms with van der Waals surface area (Å²) in [7, 11) is 0. The number of piperazine rings is 1. The van der Waals surface area contributed by atoms with E-state index in [1.54, 1.807) is 0 Å². The Balaban J connectivity index is 1.32. The van der Waals surface area contributed by atoms with Crippen LogP contribution in [0, 0.1) is 25.2 Å². The van der Waals surface area contributed by atoms with E-state index in [0.29, 0.717) is 24.5 Å². The molecule has 1 aromatic carbocycles. The van der Waals surface area contributed by atoms with Crippen molar-refractivity contribution in [2.45, 2.75) is 46.1 Å². The smallest absolute Gasteiger partial charge is 0.239 e. The minimum absolute atomic E-state index is 0.118.